The summed E-state index contributed by atoms with van der Waals surface area (Å²) in [6.45, 7) is 0.105. The highest BCUT2D eigenvalue weighted by Crippen LogP contribution is 2.32. The van der Waals surface area contributed by atoms with Gasteiger partial charge in [0.05, 0.1) is 12.5 Å². The van der Waals surface area contributed by atoms with Gasteiger partial charge in [0.2, 0.25) is 11.8 Å². The number of carbonyl (C=O) groups excluding carboxylic acids is 2. The van der Waals surface area contributed by atoms with Crippen LogP contribution in [0, 0.1) is 18.2 Å². The Bertz CT molecular complexity index is 548. The number of anilines is 1. The first-order chi connectivity index (χ1) is 8.61. The van der Waals surface area contributed by atoms with Gasteiger partial charge in [-0.2, -0.15) is 0 Å². The molecule has 0 bridgehead atoms. The van der Waals surface area contributed by atoms with E-state index < -0.39 is 11.7 Å². The van der Waals surface area contributed by atoms with Gasteiger partial charge in [-0.25, -0.2) is 4.39 Å². The van der Waals surface area contributed by atoms with Gasteiger partial charge in [-0.1, -0.05) is 12.0 Å². The maximum Gasteiger partial charge on any atom is 0.228 e. The minimum Gasteiger partial charge on any atom is -0.345 e. The molecule has 92 valence electrons. The third-order valence-electron chi connectivity index (χ3n) is 2.74. The lowest BCUT2D eigenvalue weighted by Gasteiger charge is -2.24. The molecule has 1 aliphatic rings. The summed E-state index contributed by atoms with van der Waals surface area (Å²) in [4.78, 5) is 23.3. The Morgan fingerprint density at radius 1 is 1.61 bits per heavy atom. The van der Waals surface area contributed by atoms with Gasteiger partial charge in [0.25, 0.3) is 0 Å². The first-order valence-electron chi connectivity index (χ1n) is 5.42. The molecular weight excluding hydrogens is 235 g/mol. The predicted octanol–water partition coefficient (Wildman–Crippen LogP) is 1.00. The minimum absolute atomic E-state index is 0.0367. The minimum atomic E-state index is -0.623. The molecule has 1 heterocycles. The molecular formula is C13H11FN2O2. The van der Waals surface area contributed by atoms with E-state index in [0.29, 0.717) is 11.3 Å². The van der Waals surface area contributed by atoms with Crippen molar-refractivity contribution in [3.05, 3.63) is 29.6 Å². The normalized spacial score (nSPS) is 17.3. The Morgan fingerprint density at radius 3 is 3.11 bits per heavy atom. The van der Waals surface area contributed by atoms with Crippen LogP contribution < -0.4 is 10.6 Å². The molecule has 2 N–H and O–H groups in total. The van der Waals surface area contributed by atoms with Crippen LogP contribution in [-0.2, 0) is 9.59 Å². The summed E-state index contributed by atoms with van der Waals surface area (Å²) >= 11 is 0. The van der Waals surface area contributed by atoms with Crippen molar-refractivity contribution in [2.24, 2.45) is 0 Å². The number of hydrogen-bond donors (Lipinski definition) is 2. The van der Waals surface area contributed by atoms with Crippen LogP contribution in [0.15, 0.2) is 18.2 Å². The molecule has 1 unspecified atom stereocenters. The van der Waals surface area contributed by atoms with Crippen molar-refractivity contribution < 1.29 is 14.0 Å². The number of terminal acetylenes is 1. The van der Waals surface area contributed by atoms with Gasteiger partial charge < -0.3 is 10.6 Å². The highest BCUT2D eigenvalue weighted by molar-refractivity contribution is 6.01. The van der Waals surface area contributed by atoms with Crippen LogP contribution in [-0.4, -0.2) is 18.4 Å². The van der Waals surface area contributed by atoms with Crippen LogP contribution in [0.25, 0.3) is 0 Å². The van der Waals surface area contributed by atoms with Crippen LogP contribution in [0.2, 0.25) is 0 Å². The van der Waals surface area contributed by atoms with Crippen LogP contribution in [0.5, 0.6) is 0 Å². The van der Waals surface area contributed by atoms with Gasteiger partial charge in [0, 0.05) is 12.1 Å². The second-order valence-corrected chi connectivity index (χ2v) is 3.96. The fourth-order valence-electron chi connectivity index (χ4n) is 1.93. The van der Waals surface area contributed by atoms with E-state index in [1.807, 2.05) is 0 Å². The second kappa shape index (κ2) is 4.88. The van der Waals surface area contributed by atoms with E-state index in [1.165, 1.54) is 18.2 Å². The van der Waals surface area contributed by atoms with Crippen molar-refractivity contribution in [2.75, 3.05) is 11.9 Å². The van der Waals surface area contributed by atoms with E-state index >= 15 is 0 Å². The lowest BCUT2D eigenvalue weighted by molar-refractivity contribution is -0.126. The monoisotopic (exact) mass is 246 g/mol. The number of nitrogens with one attached hydrogen (secondary N) is 2. The Balaban J connectivity index is 2.31. The van der Waals surface area contributed by atoms with Gasteiger partial charge in [0.1, 0.15) is 5.82 Å². The van der Waals surface area contributed by atoms with Gasteiger partial charge in [-0.3, -0.25) is 9.59 Å². The molecule has 1 atom stereocenters. The number of hydrogen-bond acceptors (Lipinski definition) is 2. The first-order valence-corrected chi connectivity index (χ1v) is 5.42. The molecule has 4 nitrogen and oxygen atoms in total. The first kappa shape index (κ1) is 12.1. The van der Waals surface area contributed by atoms with Crippen molar-refractivity contribution in [2.45, 2.75) is 12.3 Å². The molecule has 2 amide bonds. The van der Waals surface area contributed by atoms with E-state index in [0.717, 1.165) is 0 Å². The lowest BCUT2D eigenvalue weighted by atomic mass is 9.90. The summed E-state index contributed by atoms with van der Waals surface area (Å²) in [6.07, 6.45) is 5.09. The van der Waals surface area contributed by atoms with E-state index in [1.54, 1.807) is 0 Å². The third-order valence-corrected chi connectivity index (χ3v) is 2.74. The number of carbonyl (C=O) groups is 2. The Kier molecular flexibility index (Phi) is 3.28. The summed E-state index contributed by atoms with van der Waals surface area (Å²) in [5, 5.41) is 5.07. The van der Waals surface area contributed by atoms with E-state index in [9.17, 15) is 14.0 Å². The van der Waals surface area contributed by atoms with Crippen LogP contribution in [0.3, 0.4) is 0 Å². The van der Waals surface area contributed by atoms with E-state index in [4.69, 9.17) is 6.42 Å². The zero-order valence-electron chi connectivity index (χ0n) is 9.50. The van der Waals surface area contributed by atoms with Gasteiger partial charge >= 0.3 is 0 Å². The largest absolute Gasteiger partial charge is 0.345 e. The fraction of sp³-hybridized carbons (Fsp3) is 0.231. The second-order valence-electron chi connectivity index (χ2n) is 3.96. The topological polar surface area (TPSA) is 58.2 Å². The molecule has 0 saturated carbocycles. The zero-order valence-corrected chi connectivity index (χ0v) is 9.50. The van der Waals surface area contributed by atoms with Gasteiger partial charge in [-0.15, -0.1) is 6.42 Å². The molecule has 0 spiro atoms. The summed E-state index contributed by atoms with van der Waals surface area (Å²) in [5.41, 5.74) is 0.942. The average Bonchev–Trinajstić information content (AvgIpc) is 2.34. The van der Waals surface area contributed by atoms with E-state index in [-0.39, 0.29) is 24.8 Å². The molecule has 5 heteroatoms. The summed E-state index contributed by atoms with van der Waals surface area (Å²) in [7, 11) is 0. The number of halogens is 1. The van der Waals surface area contributed by atoms with E-state index in [2.05, 4.69) is 16.6 Å². The van der Waals surface area contributed by atoms with Gasteiger partial charge in [0.15, 0.2) is 0 Å². The number of fused-ring (bicyclic) bond motifs is 1. The Labute approximate surface area is 104 Å². The molecule has 1 aliphatic heterocycles. The summed E-state index contributed by atoms with van der Waals surface area (Å²) < 4.78 is 13.1. The maximum atomic E-state index is 13.1. The van der Waals surface area contributed by atoms with Crippen LogP contribution in [0.1, 0.15) is 17.9 Å². The smallest absolute Gasteiger partial charge is 0.228 e. The average molecular weight is 246 g/mol. The standard InChI is InChI=1S/C13H11FN2O2/c1-2-5-15-13(18)10-7-12(17)16-11-6-8(14)3-4-9(10)11/h1,3-4,6,10H,5,7H2,(H,15,18)(H,16,17). The molecule has 1 aromatic rings. The SMILES string of the molecule is C#CCNC(=O)C1CC(=O)Nc2cc(F)ccc21. The number of rotatable bonds is 2. The lowest BCUT2D eigenvalue weighted by Crippen LogP contribution is -2.35. The maximum absolute atomic E-state index is 13.1. The number of amides is 2. The fourth-order valence-corrected chi connectivity index (χ4v) is 1.93. The molecule has 0 radical (unpaired) electrons. The Hall–Kier alpha value is -2.35. The molecule has 18 heavy (non-hydrogen) atoms. The zero-order chi connectivity index (χ0) is 13.1. The summed E-state index contributed by atoms with van der Waals surface area (Å²) in [5.74, 6) is 0.573. The molecule has 2 rings (SSSR count). The van der Waals surface area contributed by atoms with Crippen LogP contribution >= 0.6 is 0 Å². The van der Waals surface area contributed by atoms with Crippen molar-refractivity contribution >= 4 is 17.5 Å². The molecule has 0 saturated heterocycles. The quantitative estimate of drug-likeness (QED) is 0.765. The van der Waals surface area contributed by atoms with Crippen molar-refractivity contribution in [3.63, 3.8) is 0 Å². The van der Waals surface area contributed by atoms with Gasteiger partial charge in [-0.05, 0) is 17.7 Å². The third kappa shape index (κ3) is 2.33. The molecule has 0 aromatic heterocycles. The van der Waals surface area contributed by atoms with Crippen molar-refractivity contribution in [3.8, 4) is 12.3 Å². The molecule has 0 aliphatic carbocycles. The highest BCUT2D eigenvalue weighted by Gasteiger charge is 2.30. The van der Waals surface area contributed by atoms with Crippen molar-refractivity contribution in [1.29, 1.82) is 0 Å². The highest BCUT2D eigenvalue weighted by atomic mass is 19.1. The predicted molar refractivity (Wildman–Crippen MR) is 64.2 cm³/mol. The molecule has 0 fully saturated rings. The van der Waals surface area contributed by atoms with Crippen molar-refractivity contribution in [1.82, 2.24) is 5.32 Å². The van der Waals surface area contributed by atoms with Crippen LogP contribution in [0.4, 0.5) is 10.1 Å². The molecule has 1 aromatic carbocycles. The Morgan fingerprint density at radius 2 is 2.39 bits per heavy atom. The summed E-state index contributed by atoms with van der Waals surface area (Å²) in [6, 6.07) is 3.97. The number of benzene rings is 1.